The number of ether oxygens (including phenoxy) is 2. The van der Waals surface area contributed by atoms with Crippen LogP contribution in [0.4, 0.5) is 0 Å². The average Bonchev–Trinajstić information content (AvgIpc) is 2.63. The molecule has 0 heterocycles. The first kappa shape index (κ1) is 28.9. The van der Waals surface area contributed by atoms with Gasteiger partial charge in [-0.05, 0) is 11.8 Å². The number of aliphatic hydroxyl groups excluding tert-OH is 2. The summed E-state index contributed by atoms with van der Waals surface area (Å²) in [5, 5.41) is 18.8. The molecule has 6 nitrogen and oxygen atoms in total. The van der Waals surface area contributed by atoms with Crippen LogP contribution in [-0.4, -0.2) is 68.7 Å². The zero-order chi connectivity index (χ0) is 21.2. The molecule has 0 fully saturated rings. The van der Waals surface area contributed by atoms with E-state index in [0.29, 0.717) is 0 Å². The molecule has 2 N–H and O–H groups in total. The van der Waals surface area contributed by atoms with Gasteiger partial charge in [0.1, 0.15) is 0 Å². The summed E-state index contributed by atoms with van der Waals surface area (Å²) in [6.07, 6.45) is 2.01. The van der Waals surface area contributed by atoms with Gasteiger partial charge in [-0.15, -0.1) is 0 Å². The fourth-order valence-corrected chi connectivity index (χ4v) is 5.81. The van der Waals surface area contributed by atoms with Crippen molar-refractivity contribution in [2.45, 2.75) is 88.3 Å². The van der Waals surface area contributed by atoms with Gasteiger partial charge in [0.15, 0.2) is 12.2 Å². The van der Waals surface area contributed by atoms with Gasteiger partial charge >= 0.3 is 81.5 Å². The molecule has 0 aromatic heterocycles. The van der Waals surface area contributed by atoms with Crippen molar-refractivity contribution in [3.8, 4) is 0 Å². The van der Waals surface area contributed by atoms with E-state index in [1.807, 2.05) is 27.7 Å². The van der Waals surface area contributed by atoms with Crippen LogP contribution in [0.15, 0.2) is 0 Å². The molecular formula is C20H40O6Sn. The summed E-state index contributed by atoms with van der Waals surface area (Å²) in [5.74, 6) is -1.85. The van der Waals surface area contributed by atoms with Crippen LogP contribution in [0.5, 0.6) is 0 Å². The molecule has 0 aromatic rings. The number of unbranched alkanes of at least 4 members (excludes halogenated alkanes) is 2. The van der Waals surface area contributed by atoms with Crippen molar-refractivity contribution in [2.75, 3.05) is 13.2 Å². The summed E-state index contributed by atoms with van der Waals surface area (Å²) in [5.41, 5.74) is 0. The molecule has 0 saturated heterocycles. The van der Waals surface area contributed by atoms with E-state index in [1.54, 1.807) is 8.87 Å². The summed E-state index contributed by atoms with van der Waals surface area (Å²) in [7, 11) is 0. The molecule has 0 saturated carbocycles. The first-order valence-electron chi connectivity index (χ1n) is 10.1. The maximum absolute atomic E-state index is 11.3. The van der Waals surface area contributed by atoms with Gasteiger partial charge in [0.25, 0.3) is 0 Å². The average molecular weight is 495 g/mol. The topological polar surface area (TPSA) is 93.1 Å². The van der Waals surface area contributed by atoms with Gasteiger partial charge in [-0.2, -0.15) is 0 Å². The summed E-state index contributed by atoms with van der Waals surface area (Å²) in [6, 6.07) is 0. The van der Waals surface area contributed by atoms with Crippen LogP contribution in [0, 0.1) is 11.8 Å². The molecule has 0 aliphatic carbocycles. The first-order chi connectivity index (χ1) is 12.7. The van der Waals surface area contributed by atoms with Crippen LogP contribution in [-0.2, 0) is 19.1 Å². The summed E-state index contributed by atoms with van der Waals surface area (Å²) < 4.78 is 12.7. The Bertz CT molecular complexity index is 339. The van der Waals surface area contributed by atoms with Crippen molar-refractivity contribution in [3.63, 3.8) is 0 Å². The zero-order valence-corrected chi connectivity index (χ0v) is 20.8. The van der Waals surface area contributed by atoms with Crippen LogP contribution in [0.2, 0.25) is 8.87 Å². The molecule has 0 aliphatic heterocycles. The van der Waals surface area contributed by atoms with Gasteiger partial charge in [0.2, 0.25) is 0 Å². The van der Waals surface area contributed by atoms with Crippen LogP contribution in [0.1, 0.15) is 67.2 Å². The van der Waals surface area contributed by atoms with E-state index in [1.165, 1.54) is 25.7 Å². The second-order valence-corrected chi connectivity index (χ2v) is 11.7. The van der Waals surface area contributed by atoms with Gasteiger partial charge in [0.05, 0.1) is 13.2 Å². The summed E-state index contributed by atoms with van der Waals surface area (Å²) >= 11 is 0.149. The maximum atomic E-state index is 11.3. The number of aliphatic hydroxyl groups is 2. The van der Waals surface area contributed by atoms with Crippen molar-refractivity contribution in [2.24, 2.45) is 11.8 Å². The third-order valence-corrected chi connectivity index (χ3v) is 7.35. The molecule has 0 rings (SSSR count). The molecule has 0 bridgehead atoms. The van der Waals surface area contributed by atoms with Crippen molar-refractivity contribution in [1.29, 1.82) is 0 Å². The minimum absolute atomic E-state index is 0.103. The second kappa shape index (κ2) is 19.0. The molecule has 160 valence electrons. The molecule has 0 amide bonds. The van der Waals surface area contributed by atoms with Crippen molar-refractivity contribution < 1.29 is 29.3 Å². The molecule has 27 heavy (non-hydrogen) atoms. The molecule has 0 unspecified atom stereocenters. The SMILES string of the molecule is CC(C)COC(=O)[C@@H](O)[C@H](O)C(=O)OCC(C)C.CCC[CH2][Sn][CH2]CCC. The number of carbonyl (C=O) groups is 2. The van der Waals surface area contributed by atoms with E-state index in [2.05, 4.69) is 13.8 Å². The van der Waals surface area contributed by atoms with E-state index >= 15 is 0 Å². The van der Waals surface area contributed by atoms with Crippen LogP contribution in [0.25, 0.3) is 0 Å². The Hall–Kier alpha value is -0.341. The first-order valence-corrected chi connectivity index (χ1v) is 14.1. The van der Waals surface area contributed by atoms with Crippen LogP contribution >= 0.6 is 0 Å². The number of hydrogen-bond acceptors (Lipinski definition) is 6. The predicted molar refractivity (Wildman–Crippen MR) is 109 cm³/mol. The van der Waals surface area contributed by atoms with Gasteiger partial charge in [-0.3, -0.25) is 0 Å². The standard InChI is InChI=1S/C12H22O6.2C4H9.Sn/c1-7(2)5-17-11(15)9(13)10(14)12(16)18-6-8(3)4;2*1-3-4-2;/h7-10,13-14H,5-6H2,1-4H3;2*1,3-4H2,2H3;/t9-,10-;;;/m0.../s1. The molecule has 0 aromatic carbocycles. The number of hydrogen-bond donors (Lipinski definition) is 2. The molecular weight excluding hydrogens is 455 g/mol. The van der Waals surface area contributed by atoms with E-state index in [4.69, 9.17) is 9.47 Å². The van der Waals surface area contributed by atoms with Gasteiger partial charge in [0, 0.05) is 0 Å². The molecule has 2 radical (unpaired) electrons. The third kappa shape index (κ3) is 18.8. The van der Waals surface area contributed by atoms with Gasteiger partial charge < -0.3 is 19.7 Å². The minimum atomic E-state index is -1.91. The quantitative estimate of drug-likeness (QED) is 0.232. The number of rotatable bonds is 13. The Morgan fingerprint density at radius 1 is 0.778 bits per heavy atom. The third-order valence-electron chi connectivity index (χ3n) is 3.31. The Kier molecular flexibility index (Phi) is 20.3. The second-order valence-electron chi connectivity index (χ2n) is 7.39. The number of carbonyl (C=O) groups excluding carboxylic acids is 2. The van der Waals surface area contributed by atoms with Gasteiger partial charge in [-0.1, -0.05) is 27.7 Å². The fourth-order valence-electron chi connectivity index (χ4n) is 1.65. The Morgan fingerprint density at radius 2 is 1.11 bits per heavy atom. The van der Waals surface area contributed by atoms with Crippen molar-refractivity contribution in [3.05, 3.63) is 0 Å². The summed E-state index contributed by atoms with van der Waals surface area (Å²) in [6.45, 7) is 12.1. The van der Waals surface area contributed by atoms with E-state index in [0.717, 1.165) is 0 Å². The normalized spacial score (nSPS) is 13.0. The van der Waals surface area contributed by atoms with E-state index in [-0.39, 0.29) is 46.2 Å². The van der Waals surface area contributed by atoms with Gasteiger partial charge in [-0.25, -0.2) is 9.59 Å². The predicted octanol–water partition coefficient (Wildman–Crippen LogP) is 3.23. The van der Waals surface area contributed by atoms with E-state index < -0.39 is 24.1 Å². The Labute approximate surface area is 175 Å². The number of esters is 2. The molecule has 2 atom stereocenters. The van der Waals surface area contributed by atoms with Crippen LogP contribution < -0.4 is 0 Å². The summed E-state index contributed by atoms with van der Waals surface area (Å²) in [4.78, 5) is 22.6. The zero-order valence-electron chi connectivity index (χ0n) is 18.0. The Morgan fingerprint density at radius 3 is 1.37 bits per heavy atom. The van der Waals surface area contributed by atoms with Crippen molar-refractivity contribution in [1.82, 2.24) is 0 Å². The monoisotopic (exact) mass is 496 g/mol. The Balaban J connectivity index is 0. The van der Waals surface area contributed by atoms with Crippen molar-refractivity contribution >= 4 is 33.1 Å². The van der Waals surface area contributed by atoms with E-state index in [9.17, 15) is 19.8 Å². The molecule has 0 aliphatic rings. The fraction of sp³-hybridized carbons (Fsp3) is 0.900. The molecule has 7 heteroatoms. The van der Waals surface area contributed by atoms with Crippen LogP contribution in [0.3, 0.4) is 0 Å². The molecule has 0 spiro atoms.